The van der Waals surface area contributed by atoms with Gasteiger partial charge in [0.2, 0.25) is 0 Å². The van der Waals surface area contributed by atoms with Crippen molar-refractivity contribution in [2.75, 3.05) is 0 Å². The highest BCUT2D eigenvalue weighted by Crippen LogP contribution is 2.67. The predicted molar refractivity (Wildman–Crippen MR) is 101 cm³/mol. The van der Waals surface area contributed by atoms with E-state index >= 15 is 0 Å². The number of halogens is 3. The molecule has 2 bridgehead atoms. The SMILES string of the molecule is C=C[C@@]1(C)C[C@@H](O)[C@@]2(C)C3C(=O)CC[C@@]3(CC[C@H]2C)[C@@H](C)[C@@H]1OC(=O)C(F)(F)F. The Hall–Kier alpha value is -1.37. The molecule has 1 N–H and O–H groups in total. The molecule has 0 aromatic heterocycles. The van der Waals surface area contributed by atoms with Crippen LogP contribution in [-0.2, 0) is 14.3 Å². The van der Waals surface area contributed by atoms with Crippen LogP contribution in [0.2, 0.25) is 0 Å². The van der Waals surface area contributed by atoms with Gasteiger partial charge in [0.25, 0.3) is 0 Å². The first kappa shape index (κ1) is 22.3. The molecule has 0 heterocycles. The lowest BCUT2D eigenvalue weighted by Crippen LogP contribution is -2.63. The standard InChI is InChI=1S/C22H31F3O4/c1-6-19(4)11-15(27)20(5)12(2)7-9-21(10-8-14(26)16(20)21)13(3)17(19)29-18(28)22(23,24)25/h6,12-13,15-17,27H,1,7-11H2,2-5H3/t12-,13+,15-,16?,17+,19+,20+,21+/m1/s1. The highest BCUT2D eigenvalue weighted by atomic mass is 19.4. The molecule has 0 radical (unpaired) electrons. The van der Waals surface area contributed by atoms with Crippen LogP contribution in [-0.4, -0.2) is 35.2 Å². The summed E-state index contributed by atoms with van der Waals surface area (Å²) in [4.78, 5) is 24.8. The van der Waals surface area contributed by atoms with Gasteiger partial charge in [-0.1, -0.05) is 33.8 Å². The van der Waals surface area contributed by atoms with Gasteiger partial charge in [0, 0.05) is 29.1 Å². The molecule has 164 valence electrons. The van der Waals surface area contributed by atoms with Crippen molar-refractivity contribution >= 4 is 11.8 Å². The Morgan fingerprint density at radius 2 is 1.90 bits per heavy atom. The normalized spacial score (nSPS) is 47.7. The number of aliphatic hydroxyl groups is 1. The second kappa shape index (κ2) is 6.82. The van der Waals surface area contributed by atoms with Crippen LogP contribution in [0.4, 0.5) is 13.2 Å². The van der Waals surface area contributed by atoms with Crippen LogP contribution < -0.4 is 0 Å². The molecule has 8 atom stereocenters. The lowest BCUT2D eigenvalue weighted by Gasteiger charge is -2.61. The molecule has 3 rings (SSSR count). The van der Waals surface area contributed by atoms with E-state index in [-0.39, 0.29) is 18.1 Å². The number of carbonyl (C=O) groups excluding carboxylic acids is 2. The number of rotatable bonds is 2. The predicted octanol–water partition coefficient (Wildman–Crippen LogP) is 4.46. The van der Waals surface area contributed by atoms with E-state index in [1.807, 2.05) is 13.8 Å². The smallest absolute Gasteiger partial charge is 0.454 e. The molecule has 0 aliphatic heterocycles. The van der Waals surface area contributed by atoms with Gasteiger partial charge < -0.3 is 9.84 Å². The van der Waals surface area contributed by atoms with Gasteiger partial charge in [-0.15, -0.1) is 6.58 Å². The number of ether oxygens (including phenoxy) is 1. The second-order valence-electron chi connectivity index (χ2n) is 9.98. The van der Waals surface area contributed by atoms with E-state index in [0.29, 0.717) is 19.3 Å². The minimum absolute atomic E-state index is 0.0630. The van der Waals surface area contributed by atoms with Crippen molar-refractivity contribution in [1.82, 2.24) is 0 Å². The molecule has 0 aromatic carbocycles. The van der Waals surface area contributed by atoms with Crippen LogP contribution in [0, 0.1) is 34.0 Å². The Morgan fingerprint density at radius 1 is 1.28 bits per heavy atom. The minimum atomic E-state index is -5.11. The summed E-state index contributed by atoms with van der Waals surface area (Å²) in [6.07, 6.45) is -3.26. The number of aliphatic hydroxyl groups excluding tert-OH is 1. The maximum Gasteiger partial charge on any atom is 0.490 e. The molecule has 29 heavy (non-hydrogen) atoms. The van der Waals surface area contributed by atoms with Crippen molar-refractivity contribution in [1.29, 1.82) is 0 Å². The molecule has 4 nitrogen and oxygen atoms in total. The zero-order valence-corrected chi connectivity index (χ0v) is 17.5. The van der Waals surface area contributed by atoms with Gasteiger partial charge in [-0.05, 0) is 37.0 Å². The Bertz CT molecular complexity index is 719. The number of carbonyl (C=O) groups is 2. The first-order chi connectivity index (χ1) is 13.2. The monoisotopic (exact) mass is 416 g/mol. The average Bonchev–Trinajstić information content (AvgIpc) is 2.99. The highest BCUT2D eigenvalue weighted by Gasteiger charge is 2.68. The van der Waals surface area contributed by atoms with Crippen LogP contribution in [0.1, 0.15) is 59.8 Å². The molecular weight excluding hydrogens is 385 g/mol. The van der Waals surface area contributed by atoms with Crippen molar-refractivity contribution in [3.05, 3.63) is 12.7 Å². The summed E-state index contributed by atoms with van der Waals surface area (Å²) < 4.78 is 44.2. The first-order valence-corrected chi connectivity index (χ1v) is 10.4. The number of Topliss-reactive ketones (excluding diaryl/α,β-unsaturated/α-hetero) is 1. The van der Waals surface area contributed by atoms with Crippen molar-refractivity contribution in [3.63, 3.8) is 0 Å². The van der Waals surface area contributed by atoms with Gasteiger partial charge in [0.1, 0.15) is 11.9 Å². The third-order valence-electron chi connectivity index (χ3n) is 8.75. The topological polar surface area (TPSA) is 63.6 Å². The van der Waals surface area contributed by atoms with Crippen molar-refractivity contribution in [2.45, 2.75) is 78.2 Å². The summed E-state index contributed by atoms with van der Waals surface area (Å²) in [6.45, 7) is 11.3. The fraction of sp³-hybridized carbons (Fsp3) is 0.818. The number of hydrogen-bond acceptors (Lipinski definition) is 4. The zero-order valence-electron chi connectivity index (χ0n) is 17.5. The Kier molecular flexibility index (Phi) is 5.25. The Balaban J connectivity index is 2.17. The van der Waals surface area contributed by atoms with Gasteiger partial charge in [-0.3, -0.25) is 4.79 Å². The van der Waals surface area contributed by atoms with E-state index in [1.54, 1.807) is 13.8 Å². The molecule has 3 aliphatic rings. The Morgan fingerprint density at radius 3 is 2.45 bits per heavy atom. The number of hydrogen-bond donors (Lipinski definition) is 1. The Labute approximate surface area is 169 Å². The third kappa shape index (κ3) is 3.06. The van der Waals surface area contributed by atoms with Crippen molar-refractivity contribution in [3.8, 4) is 0 Å². The molecule has 1 unspecified atom stereocenters. The lowest BCUT2D eigenvalue weighted by molar-refractivity contribution is -0.229. The molecule has 3 saturated carbocycles. The summed E-state index contributed by atoms with van der Waals surface area (Å²) >= 11 is 0. The van der Waals surface area contributed by atoms with Crippen molar-refractivity contribution < 1.29 is 32.6 Å². The zero-order chi connectivity index (χ0) is 22.0. The maximum atomic E-state index is 13.0. The molecule has 0 aromatic rings. The molecule has 7 heteroatoms. The van der Waals surface area contributed by atoms with Gasteiger partial charge >= 0.3 is 12.1 Å². The van der Waals surface area contributed by atoms with Crippen LogP contribution in [0.5, 0.6) is 0 Å². The summed E-state index contributed by atoms with van der Waals surface area (Å²) in [5.74, 6) is -3.01. The van der Waals surface area contributed by atoms with Gasteiger partial charge in [0.15, 0.2) is 0 Å². The van der Waals surface area contributed by atoms with E-state index < -0.39 is 52.4 Å². The van der Waals surface area contributed by atoms with Gasteiger partial charge in [0.05, 0.1) is 6.10 Å². The largest absolute Gasteiger partial charge is 0.490 e. The minimum Gasteiger partial charge on any atom is -0.454 e. The highest BCUT2D eigenvalue weighted by molar-refractivity contribution is 5.85. The van der Waals surface area contributed by atoms with Crippen LogP contribution in [0.15, 0.2) is 12.7 Å². The van der Waals surface area contributed by atoms with Crippen LogP contribution in [0.3, 0.4) is 0 Å². The summed E-state index contributed by atoms with van der Waals surface area (Å²) in [5.41, 5.74) is -2.33. The third-order valence-corrected chi connectivity index (χ3v) is 8.75. The summed E-state index contributed by atoms with van der Waals surface area (Å²) in [6, 6.07) is 0. The van der Waals surface area contributed by atoms with Gasteiger partial charge in [-0.25, -0.2) is 4.79 Å². The number of alkyl halides is 3. The molecule has 0 spiro atoms. The molecule has 3 fully saturated rings. The molecule has 3 aliphatic carbocycles. The summed E-state index contributed by atoms with van der Waals surface area (Å²) in [5, 5.41) is 11.3. The van der Waals surface area contributed by atoms with Gasteiger partial charge in [-0.2, -0.15) is 13.2 Å². The number of esters is 1. The average molecular weight is 416 g/mol. The molecule has 0 saturated heterocycles. The second-order valence-corrected chi connectivity index (χ2v) is 9.98. The fourth-order valence-corrected chi connectivity index (χ4v) is 6.76. The van der Waals surface area contributed by atoms with E-state index in [0.717, 1.165) is 6.42 Å². The van der Waals surface area contributed by atoms with Crippen LogP contribution >= 0.6 is 0 Å². The fourth-order valence-electron chi connectivity index (χ4n) is 6.76. The van der Waals surface area contributed by atoms with E-state index in [4.69, 9.17) is 4.74 Å². The maximum absolute atomic E-state index is 13.0. The quantitative estimate of drug-likeness (QED) is 0.533. The van der Waals surface area contributed by atoms with Crippen molar-refractivity contribution in [2.24, 2.45) is 34.0 Å². The molecule has 0 amide bonds. The lowest BCUT2D eigenvalue weighted by atomic mass is 9.44. The van der Waals surface area contributed by atoms with E-state index in [2.05, 4.69) is 6.58 Å². The van der Waals surface area contributed by atoms with Crippen LogP contribution in [0.25, 0.3) is 0 Å². The number of ketones is 1. The summed E-state index contributed by atoms with van der Waals surface area (Å²) in [7, 11) is 0. The van der Waals surface area contributed by atoms with E-state index in [1.165, 1.54) is 6.08 Å². The first-order valence-electron chi connectivity index (χ1n) is 10.4. The molecular formula is C22H31F3O4. The van der Waals surface area contributed by atoms with E-state index in [9.17, 15) is 27.9 Å².